The molecule has 0 saturated heterocycles. The number of aromatic nitrogens is 2. The molecule has 0 bridgehead atoms. The molecule has 0 aliphatic rings. The van der Waals surface area contributed by atoms with E-state index in [1.807, 2.05) is 24.3 Å². The van der Waals surface area contributed by atoms with Crippen molar-refractivity contribution in [1.29, 1.82) is 0 Å². The predicted octanol–water partition coefficient (Wildman–Crippen LogP) is 6.99. The molecule has 0 spiro atoms. The van der Waals surface area contributed by atoms with E-state index in [9.17, 15) is 0 Å². The topological polar surface area (TPSA) is 17.8 Å². The maximum atomic E-state index is 5.17. The Labute approximate surface area is 190 Å². The van der Waals surface area contributed by atoms with Gasteiger partial charge in [-0.2, -0.15) is 19.8 Å². The Kier molecular flexibility index (Phi) is 7.53. The van der Waals surface area contributed by atoms with Crippen molar-refractivity contribution >= 4 is 19.8 Å². The van der Waals surface area contributed by atoms with Crippen LogP contribution in [0.2, 0.25) is 0 Å². The number of benzene rings is 4. The Morgan fingerprint density at radius 3 is 1.39 bits per heavy atom. The average Bonchev–Trinajstić information content (AvgIpc) is 3.22. The molecule has 2 atom stereocenters. The first-order chi connectivity index (χ1) is 14.4. The molecular weight excluding hydrogens is 414 g/mol. The average molecular weight is 440 g/mol. The SMILES string of the molecule is P.P.c1ccc(-c2nc(-c3ccccc3)n(-c3ccccc3)c2-c2ccccc2)cc1. The van der Waals surface area contributed by atoms with E-state index < -0.39 is 0 Å². The van der Waals surface area contributed by atoms with Crippen LogP contribution in [-0.4, -0.2) is 9.55 Å². The van der Waals surface area contributed by atoms with Crippen LogP contribution in [0, 0.1) is 0 Å². The number of nitrogens with zero attached hydrogens (tertiary/aromatic N) is 2. The van der Waals surface area contributed by atoms with Crippen LogP contribution in [0.1, 0.15) is 0 Å². The van der Waals surface area contributed by atoms with Crippen LogP contribution < -0.4 is 0 Å². The standard InChI is InChI=1S/C27H20N2.2H3P/c1-5-13-21(14-6-1)25-26(22-15-7-2-8-16-22)29(24-19-11-4-12-20-24)27(28-25)23-17-9-3-10-18-23;;/h1-20H;2*1H3. The molecule has 1 heterocycles. The number of imidazole rings is 1. The fourth-order valence-corrected chi connectivity index (χ4v) is 3.69. The summed E-state index contributed by atoms with van der Waals surface area (Å²) in [6, 6.07) is 41.8. The molecule has 0 aliphatic heterocycles. The summed E-state index contributed by atoms with van der Waals surface area (Å²) in [5.41, 5.74) is 6.53. The largest absolute Gasteiger partial charge is 0.292 e. The molecule has 5 aromatic rings. The van der Waals surface area contributed by atoms with Crippen LogP contribution in [0.4, 0.5) is 0 Å². The zero-order valence-corrected chi connectivity index (χ0v) is 20.2. The van der Waals surface area contributed by atoms with Gasteiger partial charge in [0.05, 0.1) is 11.4 Å². The quantitative estimate of drug-likeness (QED) is 0.276. The van der Waals surface area contributed by atoms with Gasteiger partial charge in [0.1, 0.15) is 5.82 Å². The Morgan fingerprint density at radius 1 is 0.452 bits per heavy atom. The van der Waals surface area contributed by atoms with E-state index in [1.54, 1.807) is 0 Å². The second-order valence-corrected chi connectivity index (χ2v) is 6.90. The molecule has 0 saturated carbocycles. The Hall–Kier alpha value is -3.05. The van der Waals surface area contributed by atoms with E-state index in [1.165, 1.54) is 0 Å². The van der Waals surface area contributed by atoms with E-state index >= 15 is 0 Å². The highest BCUT2D eigenvalue weighted by Gasteiger charge is 2.21. The van der Waals surface area contributed by atoms with Gasteiger partial charge in [0.25, 0.3) is 0 Å². The molecule has 0 fully saturated rings. The summed E-state index contributed by atoms with van der Waals surface area (Å²) < 4.78 is 2.27. The third kappa shape index (κ3) is 4.52. The summed E-state index contributed by atoms with van der Waals surface area (Å²) in [4.78, 5) is 5.17. The minimum atomic E-state index is 0. The Morgan fingerprint density at radius 2 is 0.871 bits per heavy atom. The molecule has 31 heavy (non-hydrogen) atoms. The molecule has 1 aromatic heterocycles. The van der Waals surface area contributed by atoms with Crippen molar-refractivity contribution in [2.24, 2.45) is 0 Å². The van der Waals surface area contributed by atoms with Gasteiger partial charge in [0.15, 0.2) is 0 Å². The molecule has 4 aromatic carbocycles. The van der Waals surface area contributed by atoms with Crippen molar-refractivity contribution in [3.8, 4) is 39.6 Å². The molecule has 2 unspecified atom stereocenters. The van der Waals surface area contributed by atoms with Crippen molar-refractivity contribution in [1.82, 2.24) is 9.55 Å². The fourth-order valence-electron chi connectivity index (χ4n) is 3.69. The fraction of sp³-hybridized carbons (Fsp3) is 0. The van der Waals surface area contributed by atoms with Gasteiger partial charge in [-0.1, -0.05) is 109 Å². The van der Waals surface area contributed by atoms with E-state index in [2.05, 4.69) is 102 Å². The summed E-state index contributed by atoms with van der Waals surface area (Å²) in [6.45, 7) is 0. The third-order valence-corrected chi connectivity index (χ3v) is 5.02. The van der Waals surface area contributed by atoms with Crippen LogP contribution in [0.3, 0.4) is 0 Å². The molecule has 0 aliphatic carbocycles. The molecule has 4 heteroatoms. The van der Waals surface area contributed by atoms with Crippen LogP contribution >= 0.6 is 19.8 Å². The van der Waals surface area contributed by atoms with Crippen molar-refractivity contribution in [2.75, 3.05) is 0 Å². The first kappa shape index (κ1) is 22.6. The molecule has 0 N–H and O–H groups in total. The van der Waals surface area contributed by atoms with Crippen LogP contribution in [0.25, 0.3) is 39.6 Å². The lowest BCUT2D eigenvalue weighted by Crippen LogP contribution is -2.00. The highest BCUT2D eigenvalue weighted by Crippen LogP contribution is 2.38. The zero-order valence-electron chi connectivity index (χ0n) is 17.4. The van der Waals surface area contributed by atoms with Gasteiger partial charge in [-0.15, -0.1) is 0 Å². The second-order valence-electron chi connectivity index (χ2n) is 6.90. The minimum Gasteiger partial charge on any atom is -0.292 e. The summed E-state index contributed by atoms with van der Waals surface area (Å²) in [5, 5.41) is 0. The first-order valence-electron chi connectivity index (χ1n) is 9.76. The van der Waals surface area contributed by atoms with Gasteiger partial charge in [-0.3, -0.25) is 4.57 Å². The Balaban J connectivity index is 0.00000136. The van der Waals surface area contributed by atoms with Crippen molar-refractivity contribution in [3.63, 3.8) is 0 Å². The van der Waals surface area contributed by atoms with Gasteiger partial charge >= 0.3 is 0 Å². The lowest BCUT2D eigenvalue weighted by Gasteiger charge is -2.13. The van der Waals surface area contributed by atoms with Gasteiger partial charge in [0, 0.05) is 22.4 Å². The number of hydrogen-bond acceptors (Lipinski definition) is 1. The summed E-state index contributed by atoms with van der Waals surface area (Å²) >= 11 is 0. The molecule has 5 rings (SSSR count). The number of para-hydroxylation sites is 1. The van der Waals surface area contributed by atoms with Gasteiger partial charge < -0.3 is 0 Å². The molecular formula is C27H26N2P2. The molecule has 154 valence electrons. The van der Waals surface area contributed by atoms with Crippen LogP contribution in [-0.2, 0) is 0 Å². The smallest absolute Gasteiger partial charge is 0.145 e. The van der Waals surface area contributed by atoms with E-state index in [-0.39, 0.29) is 19.8 Å². The summed E-state index contributed by atoms with van der Waals surface area (Å²) in [6.07, 6.45) is 0. The first-order valence-corrected chi connectivity index (χ1v) is 9.76. The van der Waals surface area contributed by atoms with E-state index in [0.717, 1.165) is 39.6 Å². The summed E-state index contributed by atoms with van der Waals surface area (Å²) in [7, 11) is 0. The van der Waals surface area contributed by atoms with E-state index in [4.69, 9.17) is 4.98 Å². The lowest BCUT2D eigenvalue weighted by atomic mass is 10.0. The molecule has 0 radical (unpaired) electrons. The van der Waals surface area contributed by atoms with Crippen molar-refractivity contribution in [3.05, 3.63) is 121 Å². The Bertz CT molecular complexity index is 1120. The third-order valence-electron chi connectivity index (χ3n) is 5.02. The van der Waals surface area contributed by atoms with Gasteiger partial charge in [-0.05, 0) is 12.1 Å². The number of hydrogen-bond donors (Lipinski definition) is 0. The van der Waals surface area contributed by atoms with Gasteiger partial charge in [0.2, 0.25) is 0 Å². The second kappa shape index (κ2) is 10.3. The molecule has 2 nitrogen and oxygen atoms in total. The monoisotopic (exact) mass is 440 g/mol. The predicted molar refractivity (Wildman–Crippen MR) is 142 cm³/mol. The van der Waals surface area contributed by atoms with E-state index in [0.29, 0.717) is 0 Å². The zero-order chi connectivity index (χ0) is 19.5. The van der Waals surface area contributed by atoms with Crippen LogP contribution in [0.5, 0.6) is 0 Å². The van der Waals surface area contributed by atoms with Gasteiger partial charge in [-0.25, -0.2) is 4.98 Å². The van der Waals surface area contributed by atoms with Crippen LogP contribution in [0.15, 0.2) is 121 Å². The minimum absolute atomic E-state index is 0. The lowest BCUT2D eigenvalue weighted by molar-refractivity contribution is 1.07. The highest BCUT2D eigenvalue weighted by molar-refractivity contribution is 6.92. The van der Waals surface area contributed by atoms with Crippen molar-refractivity contribution < 1.29 is 0 Å². The summed E-state index contributed by atoms with van der Waals surface area (Å²) in [5.74, 6) is 0.939. The van der Waals surface area contributed by atoms with Crippen molar-refractivity contribution in [2.45, 2.75) is 0 Å². The normalized spacial score (nSPS) is 10.1. The maximum absolute atomic E-state index is 5.17. The number of rotatable bonds is 4. The maximum Gasteiger partial charge on any atom is 0.145 e. The highest BCUT2D eigenvalue weighted by atomic mass is 31.0. The molecule has 0 amide bonds.